The molecule has 1 aliphatic rings. The Hall–Kier alpha value is -1.26. The number of rotatable bonds is 2. The Morgan fingerprint density at radius 2 is 1.76 bits per heavy atom. The maximum absolute atomic E-state index is 3.16. The van der Waals surface area contributed by atoms with Crippen molar-refractivity contribution >= 4 is 0 Å². The summed E-state index contributed by atoms with van der Waals surface area (Å²) < 4.78 is 0. The average Bonchev–Trinajstić information content (AvgIpc) is 2.39. The molecule has 1 aromatic rings. The lowest BCUT2D eigenvalue weighted by Gasteiger charge is -2.26. The summed E-state index contributed by atoms with van der Waals surface area (Å²) >= 11 is 0. The Morgan fingerprint density at radius 1 is 1.06 bits per heavy atom. The van der Waals surface area contributed by atoms with Gasteiger partial charge in [-0.1, -0.05) is 37.3 Å². The van der Waals surface area contributed by atoms with Crippen LogP contribution in [0.1, 0.15) is 43.7 Å². The second-order valence-corrected chi connectivity index (χ2v) is 4.69. The first kappa shape index (κ1) is 12.2. The van der Waals surface area contributed by atoms with Crippen LogP contribution in [0.5, 0.6) is 0 Å². The lowest BCUT2D eigenvalue weighted by atomic mass is 10.1. The van der Waals surface area contributed by atoms with E-state index in [2.05, 4.69) is 47.9 Å². The summed E-state index contributed by atoms with van der Waals surface area (Å²) in [7, 11) is 0. The molecule has 1 heterocycles. The SMILES string of the molecule is CCC#Cc1ccc(CN2CCCCC2)cc1. The van der Waals surface area contributed by atoms with E-state index in [1.807, 2.05) is 0 Å². The molecule has 1 nitrogen and oxygen atoms in total. The fourth-order valence-electron chi connectivity index (χ4n) is 2.26. The Kier molecular flexibility index (Phi) is 4.64. The van der Waals surface area contributed by atoms with Gasteiger partial charge in [0.1, 0.15) is 0 Å². The lowest BCUT2D eigenvalue weighted by molar-refractivity contribution is 0.221. The highest BCUT2D eigenvalue weighted by Gasteiger charge is 2.09. The van der Waals surface area contributed by atoms with E-state index in [1.54, 1.807) is 0 Å². The zero-order chi connectivity index (χ0) is 11.9. The standard InChI is InChI=1S/C16H21N/c1-2-3-7-15-8-10-16(11-9-15)14-17-12-5-4-6-13-17/h8-11H,2,4-6,12-14H2,1H3. The normalized spacial score (nSPS) is 16.3. The second-order valence-electron chi connectivity index (χ2n) is 4.69. The smallest absolute Gasteiger partial charge is 0.0245 e. The van der Waals surface area contributed by atoms with Crippen LogP contribution in [0.25, 0.3) is 0 Å². The van der Waals surface area contributed by atoms with Crippen LogP contribution in [0.4, 0.5) is 0 Å². The largest absolute Gasteiger partial charge is 0.299 e. The number of hydrogen-bond donors (Lipinski definition) is 0. The van der Waals surface area contributed by atoms with E-state index in [-0.39, 0.29) is 0 Å². The summed E-state index contributed by atoms with van der Waals surface area (Å²) in [5, 5.41) is 0. The molecule has 0 saturated carbocycles. The van der Waals surface area contributed by atoms with Crippen LogP contribution in [-0.4, -0.2) is 18.0 Å². The Morgan fingerprint density at radius 3 is 2.41 bits per heavy atom. The van der Waals surface area contributed by atoms with Gasteiger partial charge in [-0.25, -0.2) is 0 Å². The van der Waals surface area contributed by atoms with Gasteiger partial charge in [0, 0.05) is 18.5 Å². The van der Waals surface area contributed by atoms with E-state index in [1.165, 1.54) is 37.9 Å². The molecule has 0 N–H and O–H groups in total. The third-order valence-corrected chi connectivity index (χ3v) is 3.22. The van der Waals surface area contributed by atoms with E-state index in [0.29, 0.717) is 0 Å². The molecule has 90 valence electrons. The third kappa shape index (κ3) is 3.91. The van der Waals surface area contributed by atoms with Crippen molar-refractivity contribution in [3.8, 4) is 11.8 Å². The predicted molar refractivity (Wildman–Crippen MR) is 72.7 cm³/mol. The van der Waals surface area contributed by atoms with Crippen molar-refractivity contribution in [3.63, 3.8) is 0 Å². The van der Waals surface area contributed by atoms with Gasteiger partial charge in [-0.3, -0.25) is 4.90 Å². The Balaban J connectivity index is 1.93. The number of likely N-dealkylation sites (tertiary alicyclic amines) is 1. The molecule has 0 amide bonds. The number of nitrogens with zero attached hydrogens (tertiary/aromatic N) is 1. The van der Waals surface area contributed by atoms with Gasteiger partial charge < -0.3 is 0 Å². The molecule has 1 aliphatic heterocycles. The zero-order valence-electron chi connectivity index (χ0n) is 10.7. The second kappa shape index (κ2) is 6.47. The first-order valence-electron chi connectivity index (χ1n) is 6.68. The zero-order valence-corrected chi connectivity index (χ0v) is 10.7. The summed E-state index contributed by atoms with van der Waals surface area (Å²) in [6, 6.07) is 8.71. The van der Waals surface area contributed by atoms with Crippen molar-refractivity contribution in [1.82, 2.24) is 4.90 Å². The molecule has 17 heavy (non-hydrogen) atoms. The quantitative estimate of drug-likeness (QED) is 0.700. The molecule has 1 fully saturated rings. The fraction of sp³-hybridized carbons (Fsp3) is 0.500. The molecule has 0 radical (unpaired) electrons. The van der Waals surface area contributed by atoms with Crippen molar-refractivity contribution in [2.24, 2.45) is 0 Å². The molecular weight excluding hydrogens is 206 g/mol. The summed E-state index contributed by atoms with van der Waals surface area (Å²) in [6.45, 7) is 5.70. The van der Waals surface area contributed by atoms with Crippen molar-refractivity contribution in [1.29, 1.82) is 0 Å². The van der Waals surface area contributed by atoms with E-state index in [4.69, 9.17) is 0 Å². The van der Waals surface area contributed by atoms with Crippen molar-refractivity contribution in [2.45, 2.75) is 39.2 Å². The van der Waals surface area contributed by atoms with Gasteiger partial charge in [0.05, 0.1) is 0 Å². The molecule has 0 spiro atoms. The Bertz CT molecular complexity index is 388. The minimum atomic E-state index is 0.926. The van der Waals surface area contributed by atoms with E-state index < -0.39 is 0 Å². The predicted octanol–water partition coefficient (Wildman–Crippen LogP) is 3.43. The van der Waals surface area contributed by atoms with Gasteiger partial charge in [-0.05, 0) is 43.6 Å². The van der Waals surface area contributed by atoms with Gasteiger partial charge in [0.25, 0.3) is 0 Å². The molecule has 0 bridgehead atoms. The molecule has 1 saturated heterocycles. The summed E-state index contributed by atoms with van der Waals surface area (Å²) in [4.78, 5) is 2.55. The first-order valence-corrected chi connectivity index (χ1v) is 6.68. The molecule has 2 rings (SSSR count). The van der Waals surface area contributed by atoms with E-state index in [0.717, 1.165) is 18.5 Å². The topological polar surface area (TPSA) is 3.24 Å². The van der Waals surface area contributed by atoms with E-state index >= 15 is 0 Å². The fourth-order valence-corrected chi connectivity index (χ4v) is 2.26. The van der Waals surface area contributed by atoms with Gasteiger partial charge in [0.2, 0.25) is 0 Å². The minimum Gasteiger partial charge on any atom is -0.299 e. The molecule has 1 aromatic carbocycles. The molecule has 0 unspecified atom stereocenters. The molecule has 0 aliphatic carbocycles. The van der Waals surface area contributed by atoms with Crippen LogP contribution in [0.2, 0.25) is 0 Å². The van der Waals surface area contributed by atoms with Crippen LogP contribution < -0.4 is 0 Å². The third-order valence-electron chi connectivity index (χ3n) is 3.22. The highest BCUT2D eigenvalue weighted by molar-refractivity contribution is 5.36. The van der Waals surface area contributed by atoms with Crippen LogP contribution in [-0.2, 0) is 6.54 Å². The maximum atomic E-state index is 3.16. The summed E-state index contributed by atoms with van der Waals surface area (Å²) in [5.74, 6) is 6.27. The van der Waals surface area contributed by atoms with Crippen LogP contribution in [0, 0.1) is 11.8 Å². The van der Waals surface area contributed by atoms with Crippen LogP contribution >= 0.6 is 0 Å². The number of hydrogen-bond acceptors (Lipinski definition) is 1. The highest BCUT2D eigenvalue weighted by Crippen LogP contribution is 2.13. The molecule has 1 heteroatoms. The van der Waals surface area contributed by atoms with Gasteiger partial charge in [-0.15, -0.1) is 0 Å². The molecule has 0 atom stereocenters. The monoisotopic (exact) mass is 227 g/mol. The molecule has 0 aromatic heterocycles. The van der Waals surface area contributed by atoms with Crippen LogP contribution in [0.15, 0.2) is 24.3 Å². The number of piperidine rings is 1. The van der Waals surface area contributed by atoms with Crippen molar-refractivity contribution in [2.75, 3.05) is 13.1 Å². The van der Waals surface area contributed by atoms with Gasteiger partial charge >= 0.3 is 0 Å². The lowest BCUT2D eigenvalue weighted by Crippen LogP contribution is -2.29. The summed E-state index contributed by atoms with van der Waals surface area (Å²) in [5.41, 5.74) is 2.54. The maximum Gasteiger partial charge on any atom is 0.0245 e. The van der Waals surface area contributed by atoms with Crippen LogP contribution in [0.3, 0.4) is 0 Å². The van der Waals surface area contributed by atoms with Gasteiger partial charge in [0.15, 0.2) is 0 Å². The van der Waals surface area contributed by atoms with Crippen molar-refractivity contribution < 1.29 is 0 Å². The molecular formula is C16H21N. The van der Waals surface area contributed by atoms with Gasteiger partial charge in [-0.2, -0.15) is 0 Å². The summed E-state index contributed by atoms with van der Waals surface area (Å²) in [6.07, 6.45) is 5.05. The van der Waals surface area contributed by atoms with E-state index in [9.17, 15) is 0 Å². The Labute approximate surface area is 105 Å². The number of benzene rings is 1. The first-order chi connectivity index (χ1) is 8.38. The minimum absolute atomic E-state index is 0.926. The highest BCUT2D eigenvalue weighted by atomic mass is 15.1. The average molecular weight is 227 g/mol. The van der Waals surface area contributed by atoms with Crippen molar-refractivity contribution in [3.05, 3.63) is 35.4 Å².